The van der Waals surface area contributed by atoms with Crippen molar-refractivity contribution in [3.8, 4) is 5.75 Å². The van der Waals surface area contributed by atoms with E-state index in [4.69, 9.17) is 21.7 Å². The fourth-order valence-electron chi connectivity index (χ4n) is 3.01. The maximum absolute atomic E-state index is 12.8. The van der Waals surface area contributed by atoms with Gasteiger partial charge in [0.25, 0.3) is 5.91 Å². The van der Waals surface area contributed by atoms with Crippen LogP contribution in [-0.2, 0) is 14.3 Å². The minimum atomic E-state index is -0.414. The van der Waals surface area contributed by atoms with Crippen molar-refractivity contribution in [1.82, 2.24) is 4.90 Å². The van der Waals surface area contributed by atoms with Gasteiger partial charge in [0.05, 0.1) is 23.7 Å². The summed E-state index contributed by atoms with van der Waals surface area (Å²) >= 11 is 6.56. The molecule has 7 nitrogen and oxygen atoms in total. The van der Waals surface area contributed by atoms with Crippen LogP contribution in [0.25, 0.3) is 6.08 Å². The lowest BCUT2D eigenvalue weighted by Crippen LogP contribution is -2.31. The van der Waals surface area contributed by atoms with Crippen molar-refractivity contribution in [2.45, 2.75) is 20.3 Å². The molecule has 0 unspecified atom stereocenters. The molecule has 2 aromatic carbocycles. The van der Waals surface area contributed by atoms with Gasteiger partial charge in [-0.1, -0.05) is 36.1 Å². The van der Waals surface area contributed by atoms with E-state index in [1.54, 1.807) is 37.3 Å². The summed E-state index contributed by atoms with van der Waals surface area (Å²) in [5.41, 5.74) is 1.82. The second-order valence-electron chi connectivity index (χ2n) is 6.93. The Morgan fingerprint density at radius 2 is 1.76 bits per heavy atom. The average molecular weight is 485 g/mol. The summed E-state index contributed by atoms with van der Waals surface area (Å²) in [6, 6.07) is 13.9. The van der Waals surface area contributed by atoms with Gasteiger partial charge in [0.15, 0.2) is 0 Å². The van der Waals surface area contributed by atoms with Crippen molar-refractivity contribution in [3.63, 3.8) is 0 Å². The summed E-state index contributed by atoms with van der Waals surface area (Å²) in [4.78, 5) is 38.8. The second-order valence-corrected chi connectivity index (χ2v) is 8.61. The summed E-state index contributed by atoms with van der Waals surface area (Å²) in [5, 5.41) is 2.75. The third-order valence-corrected chi connectivity index (χ3v) is 5.98. The fourth-order valence-corrected chi connectivity index (χ4v) is 4.32. The summed E-state index contributed by atoms with van der Waals surface area (Å²) in [5.74, 6) is -0.124. The zero-order chi connectivity index (χ0) is 23.8. The zero-order valence-electron chi connectivity index (χ0n) is 18.3. The fraction of sp³-hybridized carbons (Fsp3) is 0.250. The molecule has 0 radical (unpaired) electrons. The van der Waals surface area contributed by atoms with E-state index < -0.39 is 5.97 Å². The topological polar surface area (TPSA) is 84.9 Å². The largest absolute Gasteiger partial charge is 0.494 e. The van der Waals surface area contributed by atoms with E-state index in [0.717, 1.165) is 11.3 Å². The molecule has 1 N–H and O–H groups in total. The number of amides is 2. The van der Waals surface area contributed by atoms with Crippen LogP contribution < -0.4 is 10.1 Å². The molecule has 0 saturated carbocycles. The highest BCUT2D eigenvalue weighted by atomic mass is 32.2. The molecule has 1 aliphatic rings. The molecule has 0 bridgehead atoms. The first-order valence-corrected chi connectivity index (χ1v) is 11.7. The number of esters is 1. The van der Waals surface area contributed by atoms with Gasteiger partial charge in [-0.25, -0.2) is 4.79 Å². The van der Waals surface area contributed by atoms with Gasteiger partial charge >= 0.3 is 5.97 Å². The smallest absolute Gasteiger partial charge is 0.338 e. The highest BCUT2D eigenvalue weighted by Crippen LogP contribution is 2.32. The van der Waals surface area contributed by atoms with Crippen LogP contribution >= 0.6 is 24.0 Å². The lowest BCUT2D eigenvalue weighted by Gasteiger charge is -2.14. The summed E-state index contributed by atoms with van der Waals surface area (Å²) < 4.78 is 10.8. The Morgan fingerprint density at radius 1 is 1.06 bits per heavy atom. The van der Waals surface area contributed by atoms with Crippen LogP contribution in [0.3, 0.4) is 0 Å². The minimum absolute atomic E-state index is 0.0857. The molecule has 0 spiro atoms. The van der Waals surface area contributed by atoms with Crippen LogP contribution in [-0.4, -0.2) is 46.8 Å². The van der Waals surface area contributed by atoms with Crippen LogP contribution in [0, 0.1) is 0 Å². The predicted octanol–water partition coefficient (Wildman–Crippen LogP) is 4.49. The lowest BCUT2D eigenvalue weighted by molar-refractivity contribution is -0.122. The van der Waals surface area contributed by atoms with Crippen LogP contribution in [0.1, 0.15) is 36.2 Å². The van der Waals surface area contributed by atoms with E-state index in [2.05, 4.69) is 5.32 Å². The first-order chi connectivity index (χ1) is 15.9. The number of thioether (sulfide) groups is 1. The van der Waals surface area contributed by atoms with E-state index in [1.807, 2.05) is 31.2 Å². The van der Waals surface area contributed by atoms with E-state index in [0.29, 0.717) is 33.7 Å². The average Bonchev–Trinajstić information content (AvgIpc) is 3.06. The Morgan fingerprint density at radius 3 is 2.39 bits per heavy atom. The maximum Gasteiger partial charge on any atom is 0.338 e. The molecule has 9 heteroatoms. The molecular weight excluding hydrogens is 460 g/mol. The van der Waals surface area contributed by atoms with Crippen molar-refractivity contribution in [2.24, 2.45) is 0 Å². The molecule has 172 valence electrons. The van der Waals surface area contributed by atoms with Crippen molar-refractivity contribution in [3.05, 3.63) is 64.6 Å². The van der Waals surface area contributed by atoms with Crippen LogP contribution in [0.15, 0.2) is 53.4 Å². The predicted molar refractivity (Wildman–Crippen MR) is 133 cm³/mol. The Balaban J connectivity index is 1.54. The van der Waals surface area contributed by atoms with Gasteiger partial charge in [0.1, 0.15) is 10.1 Å². The number of anilines is 1. The first kappa shape index (κ1) is 24.5. The molecule has 33 heavy (non-hydrogen) atoms. The molecule has 1 heterocycles. The van der Waals surface area contributed by atoms with Crippen molar-refractivity contribution >= 4 is 57.8 Å². The maximum atomic E-state index is 12.8. The number of hydrogen-bond donors (Lipinski definition) is 1. The highest BCUT2D eigenvalue weighted by molar-refractivity contribution is 8.26. The number of carbonyl (C=O) groups excluding carboxylic acids is 3. The number of nitrogens with one attached hydrogen (secondary N) is 1. The van der Waals surface area contributed by atoms with E-state index in [-0.39, 0.29) is 24.8 Å². The molecule has 0 aliphatic carbocycles. The number of carbonyl (C=O) groups is 3. The van der Waals surface area contributed by atoms with Crippen LogP contribution in [0.2, 0.25) is 0 Å². The van der Waals surface area contributed by atoms with Gasteiger partial charge in [-0.15, -0.1) is 0 Å². The quantitative estimate of drug-likeness (QED) is 0.319. The van der Waals surface area contributed by atoms with Crippen LogP contribution in [0.5, 0.6) is 5.75 Å². The molecule has 2 amide bonds. The number of thiocarbonyl (C=S) groups is 1. The van der Waals surface area contributed by atoms with Crippen molar-refractivity contribution in [2.75, 3.05) is 25.1 Å². The second kappa shape index (κ2) is 11.6. The monoisotopic (exact) mass is 484 g/mol. The van der Waals surface area contributed by atoms with E-state index in [1.165, 1.54) is 16.7 Å². The standard InChI is InChI=1S/C24H24N2O5S2/c1-3-30-19-11-5-16(6-12-19)15-20-22(28)26(24(32)33-20)14-13-21(27)25-18-9-7-17(8-10-18)23(29)31-4-2/h5-12,15H,3-4,13-14H2,1-2H3,(H,25,27)/b20-15-. The number of nitrogens with zero attached hydrogens (tertiary/aromatic N) is 1. The third-order valence-electron chi connectivity index (χ3n) is 4.60. The normalized spacial score (nSPS) is 14.5. The summed E-state index contributed by atoms with van der Waals surface area (Å²) in [7, 11) is 0. The molecule has 3 rings (SSSR count). The SMILES string of the molecule is CCOC(=O)c1ccc(NC(=O)CCN2C(=O)/C(=C/c3ccc(OCC)cc3)SC2=S)cc1. The molecule has 1 saturated heterocycles. The molecule has 2 aromatic rings. The Bertz CT molecular complexity index is 1070. The summed E-state index contributed by atoms with van der Waals surface area (Å²) in [6.45, 7) is 4.72. The highest BCUT2D eigenvalue weighted by Gasteiger charge is 2.32. The molecule has 0 atom stereocenters. The van der Waals surface area contributed by atoms with E-state index >= 15 is 0 Å². The van der Waals surface area contributed by atoms with Crippen molar-refractivity contribution < 1.29 is 23.9 Å². The Hall–Kier alpha value is -3.17. The zero-order valence-corrected chi connectivity index (χ0v) is 20.0. The van der Waals surface area contributed by atoms with Gasteiger partial charge in [-0.3, -0.25) is 14.5 Å². The van der Waals surface area contributed by atoms with E-state index in [9.17, 15) is 14.4 Å². The number of ether oxygens (including phenoxy) is 2. The van der Waals surface area contributed by atoms with Gasteiger partial charge in [-0.05, 0) is 61.9 Å². The minimum Gasteiger partial charge on any atom is -0.494 e. The number of hydrogen-bond acceptors (Lipinski definition) is 7. The van der Waals surface area contributed by atoms with Gasteiger partial charge in [0, 0.05) is 18.7 Å². The Labute approximate surface area is 202 Å². The number of rotatable bonds is 9. The van der Waals surface area contributed by atoms with Gasteiger partial charge in [0.2, 0.25) is 5.91 Å². The van der Waals surface area contributed by atoms with Gasteiger partial charge < -0.3 is 14.8 Å². The molecule has 1 fully saturated rings. The molecule has 0 aromatic heterocycles. The number of benzene rings is 2. The third kappa shape index (κ3) is 6.66. The lowest BCUT2D eigenvalue weighted by atomic mass is 10.2. The van der Waals surface area contributed by atoms with Crippen LogP contribution in [0.4, 0.5) is 5.69 Å². The molecule has 1 aliphatic heterocycles. The summed E-state index contributed by atoms with van der Waals surface area (Å²) in [6.07, 6.45) is 1.86. The first-order valence-electron chi connectivity index (χ1n) is 10.5. The Kier molecular flexibility index (Phi) is 8.62. The van der Waals surface area contributed by atoms with Gasteiger partial charge in [-0.2, -0.15) is 0 Å². The molecular formula is C24H24N2O5S2. The van der Waals surface area contributed by atoms with Crippen molar-refractivity contribution in [1.29, 1.82) is 0 Å².